The van der Waals surface area contributed by atoms with Crippen molar-refractivity contribution in [3.63, 3.8) is 0 Å². The molecule has 3 heteroatoms. The van der Waals surface area contributed by atoms with E-state index in [1.165, 1.54) is 16.8 Å². The summed E-state index contributed by atoms with van der Waals surface area (Å²) >= 11 is 0. The van der Waals surface area contributed by atoms with E-state index in [1.54, 1.807) is 0 Å². The average molecular weight is 255 g/mol. The van der Waals surface area contributed by atoms with Gasteiger partial charge in [0.2, 0.25) is 0 Å². The molecule has 0 unspecified atom stereocenters. The minimum absolute atomic E-state index is 0.183. The van der Waals surface area contributed by atoms with Gasteiger partial charge in [-0.25, -0.2) is 4.98 Å². The minimum Gasteiger partial charge on any atom is -0.325 e. The highest BCUT2D eigenvalue weighted by atomic mass is 15.1. The Balaban J connectivity index is 2.00. The summed E-state index contributed by atoms with van der Waals surface area (Å²) in [5.74, 6) is 0. The molecule has 0 bridgehead atoms. The second-order valence-electron chi connectivity index (χ2n) is 5.76. The Morgan fingerprint density at radius 3 is 2.53 bits per heavy atom. The molecule has 1 fully saturated rings. The first-order valence-corrected chi connectivity index (χ1v) is 7.00. The van der Waals surface area contributed by atoms with Crippen LogP contribution >= 0.6 is 0 Å². The molecule has 2 aromatic rings. The summed E-state index contributed by atoms with van der Waals surface area (Å²) in [4.78, 5) is 4.38. The first-order chi connectivity index (χ1) is 9.19. The van der Waals surface area contributed by atoms with Gasteiger partial charge in [-0.3, -0.25) is 0 Å². The fourth-order valence-electron chi connectivity index (χ4n) is 2.87. The Kier molecular flexibility index (Phi) is 3.15. The number of rotatable bonds is 2. The molecule has 1 aliphatic rings. The summed E-state index contributed by atoms with van der Waals surface area (Å²) < 4.78 is 2.36. The van der Waals surface area contributed by atoms with Crippen LogP contribution < -0.4 is 5.32 Å². The number of benzene rings is 1. The number of nitrogens with one attached hydrogen (secondary N) is 1. The summed E-state index contributed by atoms with van der Waals surface area (Å²) in [6.45, 7) is 6.63. The van der Waals surface area contributed by atoms with Crippen molar-refractivity contribution < 1.29 is 0 Å². The van der Waals surface area contributed by atoms with E-state index >= 15 is 0 Å². The second-order valence-corrected chi connectivity index (χ2v) is 5.76. The smallest absolute Gasteiger partial charge is 0.0956 e. The molecular formula is C16H21N3. The lowest BCUT2D eigenvalue weighted by atomic mass is 9.89. The van der Waals surface area contributed by atoms with E-state index in [2.05, 4.69) is 53.0 Å². The van der Waals surface area contributed by atoms with Crippen molar-refractivity contribution in [2.24, 2.45) is 0 Å². The van der Waals surface area contributed by atoms with E-state index < -0.39 is 0 Å². The van der Waals surface area contributed by atoms with E-state index in [0.29, 0.717) is 0 Å². The number of piperidine rings is 1. The van der Waals surface area contributed by atoms with Gasteiger partial charge in [-0.15, -0.1) is 0 Å². The Morgan fingerprint density at radius 2 is 1.84 bits per heavy atom. The molecule has 100 valence electrons. The van der Waals surface area contributed by atoms with Gasteiger partial charge in [-0.05, 0) is 45.3 Å². The van der Waals surface area contributed by atoms with Crippen molar-refractivity contribution in [3.05, 3.63) is 42.4 Å². The summed E-state index contributed by atoms with van der Waals surface area (Å²) in [5.41, 5.74) is 3.96. The monoisotopic (exact) mass is 255 g/mol. The summed E-state index contributed by atoms with van der Waals surface area (Å²) in [5, 5.41) is 3.43. The second kappa shape index (κ2) is 4.82. The summed E-state index contributed by atoms with van der Waals surface area (Å²) in [6, 6.07) is 8.70. The predicted octanol–water partition coefficient (Wildman–Crippen LogP) is 2.96. The van der Waals surface area contributed by atoms with E-state index in [1.807, 2.05) is 12.5 Å². The molecule has 0 radical (unpaired) electrons. The molecule has 1 aromatic heterocycles. The lowest BCUT2D eigenvalue weighted by Crippen LogP contribution is -2.41. The van der Waals surface area contributed by atoms with Gasteiger partial charge in [0.1, 0.15) is 0 Å². The molecule has 1 N–H and O–H groups in total. The van der Waals surface area contributed by atoms with Crippen molar-refractivity contribution in [2.75, 3.05) is 13.1 Å². The number of aromatic nitrogens is 2. The Morgan fingerprint density at radius 1 is 1.16 bits per heavy atom. The van der Waals surface area contributed by atoms with Crippen LogP contribution in [0, 0.1) is 6.92 Å². The molecular weight excluding hydrogens is 234 g/mol. The third-order valence-corrected chi connectivity index (χ3v) is 4.25. The van der Waals surface area contributed by atoms with Crippen molar-refractivity contribution in [3.8, 4) is 11.3 Å². The third kappa shape index (κ3) is 2.30. The average Bonchev–Trinajstić information content (AvgIpc) is 2.90. The molecule has 0 aliphatic carbocycles. The van der Waals surface area contributed by atoms with Crippen molar-refractivity contribution in [2.45, 2.75) is 32.2 Å². The lowest BCUT2D eigenvalue weighted by molar-refractivity contribution is 0.233. The molecule has 1 aliphatic heterocycles. The lowest BCUT2D eigenvalue weighted by Gasteiger charge is -2.36. The number of nitrogens with zero attached hydrogens (tertiary/aromatic N) is 2. The molecule has 0 saturated carbocycles. The minimum atomic E-state index is 0.183. The maximum Gasteiger partial charge on any atom is 0.0956 e. The molecule has 3 nitrogen and oxygen atoms in total. The zero-order valence-corrected chi connectivity index (χ0v) is 11.7. The number of hydrogen-bond acceptors (Lipinski definition) is 2. The van der Waals surface area contributed by atoms with Gasteiger partial charge in [-0.1, -0.05) is 29.8 Å². The normalized spacial score (nSPS) is 18.4. The van der Waals surface area contributed by atoms with Crippen LogP contribution in [0.1, 0.15) is 25.3 Å². The third-order valence-electron chi connectivity index (χ3n) is 4.25. The SMILES string of the molecule is Cc1ccc(-c2cncn2C2(C)CCNCC2)cc1. The molecule has 1 aromatic carbocycles. The van der Waals surface area contributed by atoms with Crippen molar-refractivity contribution in [1.29, 1.82) is 0 Å². The fourth-order valence-corrected chi connectivity index (χ4v) is 2.87. The van der Waals surface area contributed by atoms with Gasteiger partial charge in [0, 0.05) is 5.54 Å². The van der Waals surface area contributed by atoms with Crippen LogP contribution in [0.5, 0.6) is 0 Å². The predicted molar refractivity (Wildman–Crippen MR) is 78.2 cm³/mol. The topological polar surface area (TPSA) is 29.9 Å². The van der Waals surface area contributed by atoms with Crippen LogP contribution in [0.25, 0.3) is 11.3 Å². The largest absolute Gasteiger partial charge is 0.325 e. The number of imidazole rings is 1. The number of aryl methyl sites for hydroxylation is 1. The van der Waals surface area contributed by atoms with Crippen molar-refractivity contribution >= 4 is 0 Å². The molecule has 1 saturated heterocycles. The van der Waals surface area contributed by atoms with Gasteiger partial charge < -0.3 is 9.88 Å². The first kappa shape index (κ1) is 12.4. The van der Waals surface area contributed by atoms with Crippen molar-refractivity contribution in [1.82, 2.24) is 14.9 Å². The van der Waals surface area contributed by atoms with E-state index in [9.17, 15) is 0 Å². The van der Waals surface area contributed by atoms with Crippen LogP contribution in [0.4, 0.5) is 0 Å². The van der Waals surface area contributed by atoms with Gasteiger partial charge >= 0.3 is 0 Å². The highest BCUT2D eigenvalue weighted by molar-refractivity contribution is 5.59. The van der Waals surface area contributed by atoms with Gasteiger partial charge in [0.25, 0.3) is 0 Å². The highest BCUT2D eigenvalue weighted by Gasteiger charge is 2.30. The summed E-state index contributed by atoms with van der Waals surface area (Å²) in [7, 11) is 0. The molecule has 0 spiro atoms. The van der Waals surface area contributed by atoms with Gasteiger partial charge in [-0.2, -0.15) is 0 Å². The zero-order valence-electron chi connectivity index (χ0n) is 11.7. The maximum absolute atomic E-state index is 4.38. The highest BCUT2D eigenvalue weighted by Crippen LogP contribution is 2.32. The van der Waals surface area contributed by atoms with E-state index in [0.717, 1.165) is 25.9 Å². The quantitative estimate of drug-likeness (QED) is 0.894. The van der Waals surface area contributed by atoms with Gasteiger partial charge in [0.15, 0.2) is 0 Å². The zero-order chi connectivity index (χ0) is 13.3. The van der Waals surface area contributed by atoms with Gasteiger partial charge in [0.05, 0.1) is 18.2 Å². The maximum atomic E-state index is 4.38. The first-order valence-electron chi connectivity index (χ1n) is 7.00. The Bertz CT molecular complexity index is 548. The molecule has 0 atom stereocenters. The molecule has 3 rings (SSSR count). The summed E-state index contributed by atoms with van der Waals surface area (Å²) in [6.07, 6.45) is 6.28. The Labute approximate surface area is 114 Å². The molecule has 2 heterocycles. The van der Waals surface area contributed by atoms with E-state index in [4.69, 9.17) is 0 Å². The Hall–Kier alpha value is -1.61. The van der Waals surface area contributed by atoms with Crippen LogP contribution in [0.2, 0.25) is 0 Å². The standard InChI is InChI=1S/C16H21N3/c1-13-3-5-14(6-4-13)15-11-18-12-19(15)16(2)7-9-17-10-8-16/h3-6,11-12,17H,7-10H2,1-2H3. The van der Waals surface area contributed by atoms with Crippen LogP contribution in [0.3, 0.4) is 0 Å². The van der Waals surface area contributed by atoms with Crippen LogP contribution in [0.15, 0.2) is 36.8 Å². The number of hydrogen-bond donors (Lipinski definition) is 1. The van der Waals surface area contributed by atoms with Crippen LogP contribution in [-0.2, 0) is 5.54 Å². The van der Waals surface area contributed by atoms with E-state index in [-0.39, 0.29) is 5.54 Å². The molecule has 19 heavy (non-hydrogen) atoms. The van der Waals surface area contributed by atoms with Crippen LogP contribution in [-0.4, -0.2) is 22.6 Å². The molecule has 0 amide bonds. The fraction of sp³-hybridized carbons (Fsp3) is 0.438.